The van der Waals surface area contributed by atoms with Crippen LogP contribution in [0.2, 0.25) is 0 Å². The number of alkyl carbamates (subject to hydrolysis) is 1. The summed E-state index contributed by atoms with van der Waals surface area (Å²) in [5, 5.41) is 7.75. The van der Waals surface area contributed by atoms with Crippen molar-refractivity contribution in [3.05, 3.63) is 11.8 Å². The molecule has 1 heterocycles. The lowest BCUT2D eigenvalue weighted by molar-refractivity contribution is -0.163. The topological polar surface area (TPSA) is 185 Å². The molecule has 1 aliphatic rings. The molecule has 3 amide bonds. The molecule has 0 saturated carbocycles. The first-order valence-corrected chi connectivity index (χ1v) is 11.3. The Bertz CT molecular complexity index is 925. The van der Waals surface area contributed by atoms with E-state index in [1.807, 2.05) is 0 Å². The van der Waals surface area contributed by atoms with E-state index in [9.17, 15) is 28.8 Å². The highest BCUT2D eigenvalue weighted by Gasteiger charge is 2.47. The predicted molar refractivity (Wildman–Crippen MR) is 126 cm³/mol. The van der Waals surface area contributed by atoms with Gasteiger partial charge < -0.3 is 39.6 Å². The summed E-state index contributed by atoms with van der Waals surface area (Å²) < 4.78 is 26.2. The van der Waals surface area contributed by atoms with Crippen molar-refractivity contribution in [1.82, 2.24) is 16.0 Å². The van der Waals surface area contributed by atoms with E-state index >= 15 is 0 Å². The van der Waals surface area contributed by atoms with E-state index in [0.29, 0.717) is 0 Å². The van der Waals surface area contributed by atoms with E-state index in [4.69, 9.17) is 23.7 Å². The Morgan fingerprint density at radius 1 is 0.973 bits per heavy atom. The van der Waals surface area contributed by atoms with Crippen molar-refractivity contribution in [3.8, 4) is 0 Å². The average molecular weight is 530 g/mol. The number of carbonyl (C=O) groups is 6. The van der Waals surface area contributed by atoms with E-state index in [2.05, 4.69) is 16.0 Å². The van der Waals surface area contributed by atoms with Gasteiger partial charge in [-0.05, 0) is 26.8 Å². The number of amides is 3. The lowest BCUT2D eigenvalue weighted by Crippen LogP contribution is -2.67. The van der Waals surface area contributed by atoms with Crippen LogP contribution in [-0.4, -0.2) is 85.5 Å². The maximum Gasteiger partial charge on any atom is 0.408 e. The molecule has 14 nitrogen and oxygen atoms in total. The van der Waals surface area contributed by atoms with E-state index in [-0.39, 0.29) is 5.76 Å². The van der Waals surface area contributed by atoms with E-state index < -0.39 is 78.4 Å². The van der Waals surface area contributed by atoms with E-state index in [1.165, 1.54) is 19.9 Å². The van der Waals surface area contributed by atoms with Gasteiger partial charge in [0.1, 0.15) is 24.4 Å². The smallest absolute Gasteiger partial charge is 0.408 e. The normalized spacial score (nSPS) is 20.5. The zero-order valence-electron chi connectivity index (χ0n) is 22.2. The minimum absolute atomic E-state index is 0.362. The highest BCUT2D eigenvalue weighted by molar-refractivity contribution is 5.87. The SMILES string of the molecule is COC(=O)C1=C[C@H](NC(=O)OC(C)(C)C)[C@@H](NC(C)=O)[C@H](C(NC(C)=O)C(COC(C)=O)OC(C)=O)O1. The number of hydrogen-bond donors (Lipinski definition) is 3. The van der Waals surface area contributed by atoms with Crippen LogP contribution >= 0.6 is 0 Å². The summed E-state index contributed by atoms with van der Waals surface area (Å²) in [6, 6.07) is -3.53. The predicted octanol–water partition coefficient (Wildman–Crippen LogP) is -0.160. The molecule has 0 bridgehead atoms. The molecule has 0 spiro atoms. The maximum absolute atomic E-state index is 12.6. The van der Waals surface area contributed by atoms with Gasteiger partial charge in [0.25, 0.3) is 0 Å². The highest BCUT2D eigenvalue weighted by atomic mass is 16.6. The lowest BCUT2D eigenvalue weighted by Gasteiger charge is -2.42. The van der Waals surface area contributed by atoms with Crippen molar-refractivity contribution in [2.24, 2.45) is 0 Å². The Balaban J connectivity index is 3.63. The number of methoxy groups -OCH3 is 1. The van der Waals surface area contributed by atoms with Crippen molar-refractivity contribution in [1.29, 1.82) is 0 Å². The average Bonchev–Trinajstić information content (AvgIpc) is 2.73. The molecule has 0 aromatic carbocycles. The molecule has 37 heavy (non-hydrogen) atoms. The third-order valence-electron chi connectivity index (χ3n) is 4.67. The first-order valence-electron chi connectivity index (χ1n) is 11.3. The van der Waals surface area contributed by atoms with Gasteiger partial charge in [0, 0.05) is 27.7 Å². The molecule has 0 fully saturated rings. The molecule has 208 valence electrons. The summed E-state index contributed by atoms with van der Waals surface area (Å²) >= 11 is 0. The molecule has 3 N–H and O–H groups in total. The molecule has 1 aliphatic heterocycles. The fraction of sp³-hybridized carbons (Fsp3) is 0.652. The van der Waals surface area contributed by atoms with Gasteiger partial charge in [-0.2, -0.15) is 0 Å². The molecular formula is C23H35N3O11. The van der Waals surface area contributed by atoms with Crippen molar-refractivity contribution in [3.63, 3.8) is 0 Å². The van der Waals surface area contributed by atoms with Crippen molar-refractivity contribution in [2.75, 3.05) is 13.7 Å². The first-order chi connectivity index (χ1) is 17.0. The minimum Gasteiger partial charge on any atom is -0.479 e. The second-order valence-electron chi connectivity index (χ2n) is 9.18. The third-order valence-corrected chi connectivity index (χ3v) is 4.67. The quantitative estimate of drug-likeness (QED) is 0.266. The van der Waals surface area contributed by atoms with Gasteiger partial charge in [-0.1, -0.05) is 0 Å². The number of esters is 3. The summed E-state index contributed by atoms with van der Waals surface area (Å²) in [5.74, 6) is -3.89. The van der Waals surface area contributed by atoms with Crippen LogP contribution in [0.15, 0.2) is 11.8 Å². The van der Waals surface area contributed by atoms with Gasteiger partial charge >= 0.3 is 24.0 Å². The molecule has 14 heteroatoms. The maximum atomic E-state index is 12.6. The van der Waals surface area contributed by atoms with Crippen molar-refractivity contribution >= 4 is 35.8 Å². The summed E-state index contributed by atoms with van der Waals surface area (Å²) in [6.07, 6.45) is -2.32. The van der Waals surface area contributed by atoms with Gasteiger partial charge in [-0.15, -0.1) is 0 Å². The fourth-order valence-electron chi connectivity index (χ4n) is 3.47. The van der Waals surface area contributed by atoms with Crippen molar-refractivity contribution < 1.29 is 52.5 Å². The standard InChI is InChI=1S/C23H35N3O11/c1-11(27)24-18-15(26-22(32)37-23(5,6)7)9-16(21(31)33-8)36-20(18)19(25-12(2)28)17(35-14(4)30)10-34-13(3)29/h9,15,17-20H,10H2,1-8H3,(H,24,27)(H,25,28)(H,26,32)/t15-,17?,18+,19?,20+/m0/s1. The summed E-state index contributed by atoms with van der Waals surface area (Å²) in [5.41, 5.74) is -0.865. The van der Waals surface area contributed by atoms with E-state index in [0.717, 1.165) is 21.0 Å². The number of ether oxygens (including phenoxy) is 5. The zero-order chi connectivity index (χ0) is 28.5. The van der Waals surface area contributed by atoms with Crippen LogP contribution in [0.25, 0.3) is 0 Å². The molecule has 0 radical (unpaired) electrons. The Kier molecular flexibility index (Phi) is 11.3. The van der Waals surface area contributed by atoms with Gasteiger partial charge in [-0.25, -0.2) is 9.59 Å². The Hall–Kier alpha value is -3.84. The first kappa shape index (κ1) is 31.2. The Labute approximate surface area is 214 Å². The van der Waals surface area contributed by atoms with Gasteiger partial charge in [0.05, 0.1) is 19.2 Å². The number of nitrogens with one attached hydrogen (secondary N) is 3. The van der Waals surface area contributed by atoms with E-state index in [1.54, 1.807) is 20.8 Å². The number of rotatable bonds is 9. The van der Waals surface area contributed by atoms with Gasteiger partial charge in [0.2, 0.25) is 17.6 Å². The lowest BCUT2D eigenvalue weighted by atomic mass is 9.90. The highest BCUT2D eigenvalue weighted by Crippen LogP contribution is 2.25. The van der Waals surface area contributed by atoms with Crippen LogP contribution in [-0.2, 0) is 47.7 Å². The largest absolute Gasteiger partial charge is 0.479 e. The minimum atomic E-state index is -1.34. The zero-order valence-corrected chi connectivity index (χ0v) is 22.2. The Morgan fingerprint density at radius 2 is 1.59 bits per heavy atom. The summed E-state index contributed by atoms with van der Waals surface area (Å²) in [4.78, 5) is 72.6. The molecule has 0 aromatic heterocycles. The Morgan fingerprint density at radius 3 is 2.05 bits per heavy atom. The van der Waals surface area contributed by atoms with Crippen LogP contribution < -0.4 is 16.0 Å². The number of carbonyl (C=O) groups excluding carboxylic acids is 6. The molecule has 0 aromatic rings. The molecule has 1 rings (SSSR count). The monoisotopic (exact) mass is 529 g/mol. The van der Waals surface area contributed by atoms with Gasteiger partial charge in [0.15, 0.2) is 6.10 Å². The van der Waals surface area contributed by atoms with Crippen LogP contribution in [0.4, 0.5) is 4.79 Å². The summed E-state index contributed by atoms with van der Waals surface area (Å²) in [7, 11) is 1.10. The number of hydrogen-bond acceptors (Lipinski definition) is 11. The third kappa shape index (κ3) is 10.8. The second-order valence-corrected chi connectivity index (χ2v) is 9.18. The molecule has 0 saturated heterocycles. The van der Waals surface area contributed by atoms with Crippen LogP contribution in [0, 0.1) is 0 Å². The van der Waals surface area contributed by atoms with Crippen LogP contribution in [0.3, 0.4) is 0 Å². The molecule has 2 unspecified atom stereocenters. The molecular weight excluding hydrogens is 494 g/mol. The van der Waals surface area contributed by atoms with Gasteiger partial charge in [-0.3, -0.25) is 19.2 Å². The van der Waals surface area contributed by atoms with Crippen LogP contribution in [0.5, 0.6) is 0 Å². The van der Waals surface area contributed by atoms with Crippen molar-refractivity contribution in [2.45, 2.75) is 84.4 Å². The molecule has 5 atom stereocenters. The second kappa shape index (κ2) is 13.5. The molecule has 0 aliphatic carbocycles. The fourth-order valence-corrected chi connectivity index (χ4v) is 3.47. The summed E-state index contributed by atoms with van der Waals surface area (Å²) in [6.45, 7) is 9.06. The van der Waals surface area contributed by atoms with Crippen LogP contribution in [0.1, 0.15) is 48.5 Å².